The summed E-state index contributed by atoms with van der Waals surface area (Å²) >= 11 is 0. The summed E-state index contributed by atoms with van der Waals surface area (Å²) in [6.07, 6.45) is 4.02. The fourth-order valence-electron chi connectivity index (χ4n) is 3.34. The van der Waals surface area contributed by atoms with Crippen molar-refractivity contribution in [3.8, 4) is 5.69 Å². The highest BCUT2D eigenvalue weighted by atomic mass is 16.1. The molecule has 1 aliphatic carbocycles. The van der Waals surface area contributed by atoms with E-state index in [0.29, 0.717) is 18.8 Å². The van der Waals surface area contributed by atoms with Crippen LogP contribution in [0.2, 0.25) is 0 Å². The molecule has 4 rings (SSSR count). The van der Waals surface area contributed by atoms with E-state index >= 15 is 0 Å². The third-order valence-corrected chi connectivity index (χ3v) is 4.64. The van der Waals surface area contributed by atoms with Crippen molar-refractivity contribution in [2.24, 2.45) is 5.73 Å². The molecule has 0 atom stereocenters. The summed E-state index contributed by atoms with van der Waals surface area (Å²) in [6, 6.07) is 6.37. The van der Waals surface area contributed by atoms with Crippen LogP contribution in [0.5, 0.6) is 0 Å². The van der Waals surface area contributed by atoms with Crippen LogP contribution in [0.3, 0.4) is 0 Å². The normalized spacial score (nSPS) is 13.1. The van der Waals surface area contributed by atoms with Gasteiger partial charge in [0.1, 0.15) is 11.6 Å². The summed E-state index contributed by atoms with van der Waals surface area (Å²) in [5.74, 6) is 1.49. The van der Waals surface area contributed by atoms with E-state index in [-0.39, 0.29) is 6.42 Å². The number of hydrogen-bond donors (Lipinski definition) is 1. The smallest absolute Gasteiger partial charge is 0.225 e. The standard InChI is InChI=1S/C17H20N8O/c1-11-20-22-23-24(11)8-7-17-19-16(10-15(18)26)21-25(17)14-6-5-12-3-2-4-13(12)9-14/h5-6,9H,2-4,7-8,10H2,1H3,(H2,18,26). The number of amides is 1. The maximum absolute atomic E-state index is 11.3. The van der Waals surface area contributed by atoms with Gasteiger partial charge < -0.3 is 5.73 Å². The third kappa shape index (κ3) is 3.19. The fraction of sp³-hybridized carbons (Fsp3) is 0.412. The molecule has 0 spiro atoms. The molecule has 0 saturated heterocycles. The van der Waals surface area contributed by atoms with E-state index in [0.717, 1.165) is 30.2 Å². The van der Waals surface area contributed by atoms with Gasteiger partial charge >= 0.3 is 0 Å². The lowest BCUT2D eigenvalue weighted by Crippen LogP contribution is -2.14. The predicted molar refractivity (Wildman–Crippen MR) is 92.5 cm³/mol. The van der Waals surface area contributed by atoms with Crippen LogP contribution in [0.1, 0.15) is 35.0 Å². The summed E-state index contributed by atoms with van der Waals surface area (Å²) in [6.45, 7) is 2.43. The van der Waals surface area contributed by atoms with Gasteiger partial charge in [0.2, 0.25) is 5.91 Å². The molecule has 0 saturated carbocycles. The number of nitrogens with two attached hydrogens (primary N) is 1. The summed E-state index contributed by atoms with van der Waals surface area (Å²) in [7, 11) is 0. The van der Waals surface area contributed by atoms with E-state index in [1.165, 1.54) is 17.5 Å². The van der Waals surface area contributed by atoms with Crippen LogP contribution in [0.15, 0.2) is 18.2 Å². The number of primary amides is 1. The van der Waals surface area contributed by atoms with E-state index in [1.54, 1.807) is 9.36 Å². The molecular weight excluding hydrogens is 332 g/mol. The second-order valence-electron chi connectivity index (χ2n) is 6.50. The Morgan fingerprint density at radius 2 is 2.12 bits per heavy atom. The van der Waals surface area contributed by atoms with E-state index in [1.807, 2.05) is 6.92 Å². The van der Waals surface area contributed by atoms with Crippen LogP contribution in [0.4, 0.5) is 0 Å². The molecule has 2 heterocycles. The maximum Gasteiger partial charge on any atom is 0.225 e. The van der Waals surface area contributed by atoms with E-state index < -0.39 is 5.91 Å². The highest BCUT2D eigenvalue weighted by Crippen LogP contribution is 2.24. The van der Waals surface area contributed by atoms with Crippen molar-refractivity contribution >= 4 is 5.91 Å². The Labute approximate surface area is 150 Å². The van der Waals surface area contributed by atoms with Crippen LogP contribution in [0, 0.1) is 6.92 Å². The number of hydrogen-bond acceptors (Lipinski definition) is 6. The minimum absolute atomic E-state index is 0.0227. The zero-order valence-corrected chi connectivity index (χ0v) is 14.6. The molecular formula is C17H20N8O. The van der Waals surface area contributed by atoms with Gasteiger partial charge in [-0.25, -0.2) is 14.3 Å². The van der Waals surface area contributed by atoms with Crippen molar-refractivity contribution in [1.29, 1.82) is 0 Å². The van der Waals surface area contributed by atoms with Gasteiger partial charge in [-0.3, -0.25) is 4.79 Å². The highest BCUT2D eigenvalue weighted by molar-refractivity contribution is 5.75. The number of rotatable bonds is 6. The number of fused-ring (bicyclic) bond motifs is 1. The van der Waals surface area contributed by atoms with Gasteiger partial charge in [0.15, 0.2) is 5.82 Å². The number of aryl methyl sites for hydroxylation is 5. The predicted octanol–water partition coefficient (Wildman–Crippen LogP) is 0.321. The molecule has 2 N–H and O–H groups in total. The SMILES string of the molecule is Cc1nnnn1CCc1nc(CC(N)=O)nn1-c1ccc2c(c1)CCC2. The topological polar surface area (TPSA) is 117 Å². The first kappa shape index (κ1) is 16.4. The van der Waals surface area contributed by atoms with Crippen molar-refractivity contribution < 1.29 is 4.79 Å². The molecule has 1 aliphatic rings. The van der Waals surface area contributed by atoms with Crippen molar-refractivity contribution in [2.45, 2.75) is 45.6 Å². The zero-order chi connectivity index (χ0) is 18.1. The molecule has 9 nitrogen and oxygen atoms in total. The molecule has 0 unspecified atom stereocenters. The molecule has 0 radical (unpaired) electrons. The average Bonchev–Trinajstić information content (AvgIpc) is 3.31. The number of tetrazole rings is 1. The monoisotopic (exact) mass is 352 g/mol. The summed E-state index contributed by atoms with van der Waals surface area (Å²) in [4.78, 5) is 15.8. The molecule has 2 aromatic heterocycles. The van der Waals surface area contributed by atoms with E-state index in [4.69, 9.17) is 5.73 Å². The highest BCUT2D eigenvalue weighted by Gasteiger charge is 2.17. The van der Waals surface area contributed by atoms with Gasteiger partial charge in [0.05, 0.1) is 18.7 Å². The first-order chi connectivity index (χ1) is 12.6. The van der Waals surface area contributed by atoms with Gasteiger partial charge in [-0.15, -0.1) is 5.10 Å². The Bertz CT molecular complexity index is 958. The Kier molecular flexibility index (Phi) is 4.19. The van der Waals surface area contributed by atoms with Crippen molar-refractivity contribution in [3.63, 3.8) is 0 Å². The van der Waals surface area contributed by atoms with Gasteiger partial charge in [-0.1, -0.05) is 6.07 Å². The summed E-state index contributed by atoms with van der Waals surface area (Å²) in [5.41, 5.74) is 9.02. The minimum atomic E-state index is -0.445. The first-order valence-corrected chi connectivity index (χ1v) is 8.68. The fourth-order valence-corrected chi connectivity index (χ4v) is 3.34. The number of benzene rings is 1. The number of carbonyl (C=O) groups excluding carboxylic acids is 1. The second kappa shape index (κ2) is 6.66. The second-order valence-corrected chi connectivity index (χ2v) is 6.50. The lowest BCUT2D eigenvalue weighted by molar-refractivity contribution is -0.117. The van der Waals surface area contributed by atoms with Crippen molar-refractivity contribution in [2.75, 3.05) is 0 Å². The van der Waals surface area contributed by atoms with Crippen LogP contribution in [-0.2, 0) is 37.0 Å². The molecule has 3 aromatic rings. The Morgan fingerprint density at radius 1 is 1.27 bits per heavy atom. The Balaban J connectivity index is 1.66. The minimum Gasteiger partial charge on any atom is -0.369 e. The Hall–Kier alpha value is -3.10. The molecule has 1 amide bonds. The number of aromatic nitrogens is 7. The Morgan fingerprint density at radius 3 is 2.88 bits per heavy atom. The van der Waals surface area contributed by atoms with E-state index in [2.05, 4.69) is 43.8 Å². The van der Waals surface area contributed by atoms with E-state index in [9.17, 15) is 4.79 Å². The third-order valence-electron chi connectivity index (χ3n) is 4.64. The van der Waals surface area contributed by atoms with Gasteiger partial charge in [0.25, 0.3) is 0 Å². The molecule has 0 fully saturated rings. The molecule has 0 bridgehead atoms. The van der Waals surface area contributed by atoms with Crippen molar-refractivity contribution in [1.82, 2.24) is 35.0 Å². The molecule has 1 aromatic carbocycles. The van der Waals surface area contributed by atoms with Gasteiger partial charge in [0, 0.05) is 6.42 Å². The van der Waals surface area contributed by atoms with Crippen LogP contribution in [-0.4, -0.2) is 40.9 Å². The summed E-state index contributed by atoms with van der Waals surface area (Å²) in [5, 5.41) is 16.0. The van der Waals surface area contributed by atoms with Gasteiger partial charge in [-0.05, 0) is 59.9 Å². The number of nitrogens with zero attached hydrogens (tertiary/aromatic N) is 7. The summed E-state index contributed by atoms with van der Waals surface area (Å²) < 4.78 is 3.52. The lowest BCUT2D eigenvalue weighted by atomic mass is 10.1. The molecule has 134 valence electrons. The van der Waals surface area contributed by atoms with Gasteiger partial charge in [-0.2, -0.15) is 5.10 Å². The largest absolute Gasteiger partial charge is 0.369 e. The van der Waals surface area contributed by atoms with Crippen LogP contribution in [0.25, 0.3) is 5.69 Å². The maximum atomic E-state index is 11.3. The average molecular weight is 352 g/mol. The van der Waals surface area contributed by atoms with Crippen molar-refractivity contribution in [3.05, 3.63) is 46.8 Å². The molecule has 26 heavy (non-hydrogen) atoms. The quantitative estimate of drug-likeness (QED) is 0.683. The lowest BCUT2D eigenvalue weighted by Gasteiger charge is -2.08. The molecule has 9 heteroatoms. The molecule has 0 aliphatic heterocycles. The van der Waals surface area contributed by atoms with Crippen LogP contribution < -0.4 is 5.73 Å². The number of carbonyl (C=O) groups is 1. The zero-order valence-electron chi connectivity index (χ0n) is 14.6. The van der Waals surface area contributed by atoms with Crippen LogP contribution >= 0.6 is 0 Å². The first-order valence-electron chi connectivity index (χ1n) is 8.68.